The van der Waals surface area contributed by atoms with Gasteiger partial charge in [-0.2, -0.15) is 0 Å². The molecular formula is C15H16N4O4S. The third kappa shape index (κ3) is 3.41. The first-order chi connectivity index (χ1) is 11.6. The lowest BCUT2D eigenvalue weighted by molar-refractivity contribution is -0.154. The van der Waals surface area contributed by atoms with E-state index in [4.69, 9.17) is 4.74 Å². The minimum atomic E-state index is -0.975. The Balaban J connectivity index is 1.67. The van der Waals surface area contributed by atoms with Crippen molar-refractivity contribution >= 4 is 23.2 Å². The van der Waals surface area contributed by atoms with Gasteiger partial charge in [-0.25, -0.2) is 4.98 Å². The molecule has 0 atom stereocenters. The van der Waals surface area contributed by atoms with E-state index in [0.717, 1.165) is 0 Å². The molecule has 0 saturated carbocycles. The molecule has 2 aromatic heterocycles. The third-order valence-electron chi connectivity index (χ3n) is 4.01. The largest absolute Gasteiger partial charge is 0.481 e. The van der Waals surface area contributed by atoms with E-state index >= 15 is 0 Å². The number of carboxylic acids is 1. The predicted octanol–water partition coefficient (Wildman–Crippen LogP) is 1.21. The highest BCUT2D eigenvalue weighted by atomic mass is 32.1. The zero-order valence-electron chi connectivity index (χ0n) is 12.8. The second-order valence-electron chi connectivity index (χ2n) is 5.51. The van der Waals surface area contributed by atoms with Crippen molar-refractivity contribution in [1.82, 2.24) is 20.3 Å². The molecule has 0 aromatic carbocycles. The predicted molar refractivity (Wildman–Crippen MR) is 85.6 cm³/mol. The summed E-state index contributed by atoms with van der Waals surface area (Å²) in [6, 6.07) is 0. The number of rotatable bonds is 5. The van der Waals surface area contributed by atoms with Crippen LogP contribution in [0.2, 0.25) is 0 Å². The molecule has 3 heterocycles. The summed E-state index contributed by atoms with van der Waals surface area (Å²) in [5.74, 6) is -1.31. The van der Waals surface area contributed by atoms with Gasteiger partial charge in [0.05, 0.1) is 11.6 Å². The summed E-state index contributed by atoms with van der Waals surface area (Å²) >= 11 is 1.29. The van der Waals surface area contributed by atoms with Gasteiger partial charge in [-0.3, -0.25) is 19.6 Å². The number of nitrogens with zero attached hydrogens (tertiary/aromatic N) is 3. The van der Waals surface area contributed by atoms with Gasteiger partial charge < -0.3 is 15.2 Å². The number of aromatic nitrogens is 3. The Morgan fingerprint density at radius 3 is 2.79 bits per heavy atom. The molecule has 0 radical (unpaired) electrons. The van der Waals surface area contributed by atoms with Crippen LogP contribution in [0.5, 0.6) is 0 Å². The van der Waals surface area contributed by atoms with Crippen molar-refractivity contribution in [3.05, 3.63) is 29.7 Å². The second-order valence-corrected chi connectivity index (χ2v) is 6.37. The minimum Gasteiger partial charge on any atom is -0.481 e. The fourth-order valence-electron chi connectivity index (χ4n) is 2.47. The number of carboxylic acid groups (broad SMARTS) is 1. The van der Waals surface area contributed by atoms with Crippen molar-refractivity contribution in [3.8, 4) is 10.7 Å². The average molecular weight is 348 g/mol. The van der Waals surface area contributed by atoms with Gasteiger partial charge in [0.15, 0.2) is 0 Å². The van der Waals surface area contributed by atoms with Gasteiger partial charge in [0.1, 0.15) is 16.4 Å². The highest BCUT2D eigenvalue weighted by Crippen LogP contribution is 2.30. The van der Waals surface area contributed by atoms with E-state index in [1.54, 1.807) is 24.0 Å². The Kier molecular flexibility index (Phi) is 4.81. The van der Waals surface area contributed by atoms with E-state index in [2.05, 4.69) is 20.3 Å². The Hall–Kier alpha value is -2.39. The lowest BCUT2D eigenvalue weighted by atomic mass is 9.80. The smallest absolute Gasteiger partial charge is 0.311 e. The lowest BCUT2D eigenvalue weighted by Gasteiger charge is -2.32. The highest BCUT2D eigenvalue weighted by Gasteiger charge is 2.40. The molecule has 1 amide bonds. The van der Waals surface area contributed by atoms with Gasteiger partial charge in [-0.1, -0.05) is 0 Å². The number of hydrogen-bond donors (Lipinski definition) is 2. The molecular weight excluding hydrogens is 332 g/mol. The number of carbonyl (C=O) groups is 2. The quantitative estimate of drug-likeness (QED) is 0.834. The van der Waals surface area contributed by atoms with Gasteiger partial charge in [-0.15, -0.1) is 11.3 Å². The van der Waals surface area contributed by atoms with Crippen LogP contribution in [-0.4, -0.2) is 51.7 Å². The van der Waals surface area contributed by atoms with E-state index in [0.29, 0.717) is 36.8 Å². The zero-order valence-corrected chi connectivity index (χ0v) is 13.6. The number of nitrogens with one attached hydrogen (secondary N) is 1. The fourth-order valence-corrected chi connectivity index (χ4v) is 3.23. The minimum absolute atomic E-state index is 0.0581. The Bertz CT molecular complexity index is 728. The molecule has 2 N–H and O–H groups in total. The molecule has 3 rings (SSSR count). The highest BCUT2D eigenvalue weighted by molar-refractivity contribution is 7.13. The van der Waals surface area contributed by atoms with Crippen molar-refractivity contribution in [3.63, 3.8) is 0 Å². The van der Waals surface area contributed by atoms with Crippen molar-refractivity contribution < 1.29 is 19.4 Å². The SMILES string of the molecule is O=C(NCC1(C(=O)O)CCOCC1)c1csc(-c2cnccn2)n1. The zero-order chi connectivity index (χ0) is 17.0. The molecule has 1 aliphatic heterocycles. The standard InChI is InChI=1S/C15H16N4O4S/c20-12(18-9-15(14(21)22)1-5-23-6-2-15)11-8-24-13(19-11)10-7-16-3-4-17-10/h3-4,7-8H,1-2,5-6,9H2,(H,18,20)(H,21,22). The van der Waals surface area contributed by atoms with Crippen LogP contribution < -0.4 is 5.32 Å². The molecule has 1 fully saturated rings. The topological polar surface area (TPSA) is 114 Å². The number of aliphatic carboxylic acids is 1. The van der Waals surface area contributed by atoms with E-state index in [9.17, 15) is 14.7 Å². The summed E-state index contributed by atoms with van der Waals surface area (Å²) in [4.78, 5) is 36.2. The summed E-state index contributed by atoms with van der Waals surface area (Å²) in [6.45, 7) is 0.827. The van der Waals surface area contributed by atoms with Gasteiger partial charge in [0.25, 0.3) is 5.91 Å². The molecule has 24 heavy (non-hydrogen) atoms. The Morgan fingerprint density at radius 1 is 1.33 bits per heavy atom. The van der Waals surface area contributed by atoms with Gasteiger partial charge >= 0.3 is 5.97 Å². The number of amides is 1. The molecule has 1 aliphatic rings. The molecule has 126 valence electrons. The summed E-state index contributed by atoms with van der Waals surface area (Å²) < 4.78 is 5.22. The van der Waals surface area contributed by atoms with Gasteiger partial charge in [0, 0.05) is 37.5 Å². The average Bonchev–Trinajstić information content (AvgIpc) is 3.11. The van der Waals surface area contributed by atoms with Gasteiger partial charge in [0.2, 0.25) is 0 Å². The van der Waals surface area contributed by atoms with Crippen LogP contribution in [0, 0.1) is 5.41 Å². The van der Waals surface area contributed by atoms with E-state index in [1.165, 1.54) is 11.3 Å². The summed E-state index contributed by atoms with van der Waals surface area (Å²) in [5.41, 5.74) is -0.140. The molecule has 2 aromatic rings. The van der Waals surface area contributed by atoms with Crippen LogP contribution >= 0.6 is 11.3 Å². The second kappa shape index (κ2) is 7.02. The molecule has 0 spiro atoms. The molecule has 0 aliphatic carbocycles. The third-order valence-corrected chi connectivity index (χ3v) is 4.87. The maximum absolute atomic E-state index is 12.3. The first-order valence-corrected chi connectivity index (χ1v) is 8.30. The van der Waals surface area contributed by atoms with Crippen LogP contribution in [0.3, 0.4) is 0 Å². The molecule has 0 bridgehead atoms. The first-order valence-electron chi connectivity index (χ1n) is 7.42. The van der Waals surface area contributed by atoms with Crippen LogP contribution in [0.1, 0.15) is 23.3 Å². The monoisotopic (exact) mass is 348 g/mol. The normalized spacial score (nSPS) is 16.5. The van der Waals surface area contributed by atoms with Crippen LogP contribution in [0.15, 0.2) is 24.0 Å². The van der Waals surface area contributed by atoms with Crippen LogP contribution in [-0.2, 0) is 9.53 Å². The molecule has 8 nitrogen and oxygen atoms in total. The Labute approximate surface area is 141 Å². The summed E-state index contributed by atoms with van der Waals surface area (Å²) in [5, 5.41) is 14.4. The van der Waals surface area contributed by atoms with E-state index < -0.39 is 17.3 Å². The van der Waals surface area contributed by atoms with E-state index in [-0.39, 0.29) is 12.2 Å². The number of carbonyl (C=O) groups excluding carboxylic acids is 1. The van der Waals surface area contributed by atoms with Crippen molar-refractivity contribution in [2.45, 2.75) is 12.8 Å². The molecule has 1 saturated heterocycles. The van der Waals surface area contributed by atoms with Crippen LogP contribution in [0.4, 0.5) is 0 Å². The maximum Gasteiger partial charge on any atom is 0.311 e. The fraction of sp³-hybridized carbons (Fsp3) is 0.400. The molecule has 9 heteroatoms. The summed E-state index contributed by atoms with van der Waals surface area (Å²) in [7, 11) is 0. The maximum atomic E-state index is 12.3. The van der Waals surface area contributed by atoms with Gasteiger partial charge in [-0.05, 0) is 12.8 Å². The first kappa shape index (κ1) is 16.5. The lowest BCUT2D eigenvalue weighted by Crippen LogP contribution is -2.46. The Morgan fingerprint density at radius 2 is 2.12 bits per heavy atom. The number of ether oxygens (including phenoxy) is 1. The van der Waals surface area contributed by atoms with Crippen molar-refractivity contribution in [1.29, 1.82) is 0 Å². The van der Waals surface area contributed by atoms with Crippen molar-refractivity contribution in [2.24, 2.45) is 5.41 Å². The molecule has 0 unspecified atom stereocenters. The van der Waals surface area contributed by atoms with E-state index in [1.807, 2.05) is 0 Å². The summed E-state index contributed by atoms with van der Waals surface area (Å²) in [6.07, 6.45) is 5.44. The van der Waals surface area contributed by atoms with Crippen molar-refractivity contribution in [2.75, 3.05) is 19.8 Å². The number of hydrogen-bond acceptors (Lipinski definition) is 7. The van der Waals surface area contributed by atoms with Crippen LogP contribution in [0.25, 0.3) is 10.7 Å². The number of thiazole rings is 1.